The Morgan fingerprint density at radius 3 is 2.55 bits per heavy atom. The van der Waals surface area contributed by atoms with Gasteiger partial charge in [-0.2, -0.15) is 0 Å². The van der Waals surface area contributed by atoms with E-state index in [2.05, 4.69) is 15.9 Å². The van der Waals surface area contributed by atoms with Gasteiger partial charge >= 0.3 is 0 Å². The fraction of sp³-hybridized carbons (Fsp3) is 0.200. The SMILES string of the molecule is FC(F)c1ccc(Oc2cc(Br)c3c(c2)CCO3)cc1. The highest BCUT2D eigenvalue weighted by Crippen LogP contribution is 2.38. The van der Waals surface area contributed by atoms with Crippen molar-refractivity contribution in [2.45, 2.75) is 12.8 Å². The quantitative estimate of drug-likeness (QED) is 0.772. The molecular weight excluding hydrogens is 330 g/mol. The molecule has 0 amide bonds. The van der Waals surface area contributed by atoms with Gasteiger partial charge in [0.2, 0.25) is 0 Å². The number of halogens is 3. The van der Waals surface area contributed by atoms with E-state index in [-0.39, 0.29) is 5.56 Å². The molecular formula is C15H11BrF2O2. The summed E-state index contributed by atoms with van der Waals surface area (Å²) in [5.74, 6) is 2.04. The zero-order valence-corrected chi connectivity index (χ0v) is 12.0. The van der Waals surface area contributed by atoms with E-state index in [1.54, 1.807) is 12.1 Å². The number of alkyl halides is 2. The summed E-state index contributed by atoms with van der Waals surface area (Å²) in [5, 5.41) is 0. The van der Waals surface area contributed by atoms with Crippen molar-refractivity contribution in [1.82, 2.24) is 0 Å². The Balaban J connectivity index is 1.82. The van der Waals surface area contributed by atoms with Crippen LogP contribution in [0, 0.1) is 0 Å². The Kier molecular flexibility index (Phi) is 3.61. The summed E-state index contributed by atoms with van der Waals surface area (Å²) in [4.78, 5) is 0. The summed E-state index contributed by atoms with van der Waals surface area (Å²) in [5.41, 5.74) is 1.07. The molecule has 0 aromatic heterocycles. The van der Waals surface area contributed by atoms with Crippen LogP contribution in [0.3, 0.4) is 0 Å². The predicted octanol–water partition coefficient (Wildman–Crippen LogP) is 5.11. The van der Waals surface area contributed by atoms with Gasteiger partial charge in [-0.15, -0.1) is 0 Å². The number of ether oxygens (including phenoxy) is 2. The molecule has 0 fully saturated rings. The van der Waals surface area contributed by atoms with Gasteiger partial charge in [-0.05, 0) is 52.3 Å². The average Bonchev–Trinajstić information content (AvgIpc) is 2.88. The van der Waals surface area contributed by atoms with E-state index in [1.807, 2.05) is 12.1 Å². The number of hydrogen-bond acceptors (Lipinski definition) is 2. The third-order valence-electron chi connectivity index (χ3n) is 3.08. The topological polar surface area (TPSA) is 18.5 Å². The molecule has 0 saturated carbocycles. The largest absolute Gasteiger partial charge is 0.492 e. The Hall–Kier alpha value is -1.62. The molecule has 0 saturated heterocycles. The first-order valence-electron chi connectivity index (χ1n) is 6.14. The predicted molar refractivity (Wildman–Crippen MR) is 74.8 cm³/mol. The van der Waals surface area contributed by atoms with Crippen molar-refractivity contribution in [3.63, 3.8) is 0 Å². The van der Waals surface area contributed by atoms with Crippen molar-refractivity contribution in [2.75, 3.05) is 6.61 Å². The number of fused-ring (bicyclic) bond motifs is 1. The lowest BCUT2D eigenvalue weighted by Crippen LogP contribution is -1.88. The molecule has 20 heavy (non-hydrogen) atoms. The zero-order chi connectivity index (χ0) is 14.1. The summed E-state index contributed by atoms with van der Waals surface area (Å²) in [6.07, 6.45) is -1.62. The van der Waals surface area contributed by atoms with Crippen LogP contribution in [0.2, 0.25) is 0 Å². The molecule has 104 valence electrons. The normalized spacial score (nSPS) is 13.2. The molecule has 0 radical (unpaired) electrons. The molecule has 0 bridgehead atoms. The Labute approximate surface area is 123 Å². The maximum atomic E-state index is 12.5. The van der Waals surface area contributed by atoms with E-state index in [1.165, 1.54) is 12.1 Å². The highest BCUT2D eigenvalue weighted by Gasteiger charge is 2.17. The third kappa shape index (κ3) is 2.63. The standard InChI is InChI=1S/C15H11BrF2O2/c16-13-8-12(7-10-5-6-19-14(10)13)20-11-3-1-9(2-4-11)15(17)18/h1-4,7-8,15H,5-6H2. The molecule has 5 heteroatoms. The maximum absolute atomic E-state index is 12.5. The lowest BCUT2D eigenvalue weighted by molar-refractivity contribution is 0.151. The van der Waals surface area contributed by atoms with Gasteiger partial charge in [0.25, 0.3) is 6.43 Å². The van der Waals surface area contributed by atoms with Crippen LogP contribution in [0.4, 0.5) is 8.78 Å². The van der Waals surface area contributed by atoms with E-state index in [4.69, 9.17) is 9.47 Å². The van der Waals surface area contributed by atoms with E-state index in [9.17, 15) is 8.78 Å². The molecule has 1 heterocycles. The molecule has 0 atom stereocenters. The number of hydrogen-bond donors (Lipinski definition) is 0. The highest BCUT2D eigenvalue weighted by atomic mass is 79.9. The van der Waals surface area contributed by atoms with E-state index in [0.717, 1.165) is 22.2 Å². The number of rotatable bonds is 3. The van der Waals surface area contributed by atoms with Crippen LogP contribution in [0.5, 0.6) is 17.2 Å². The van der Waals surface area contributed by atoms with Crippen molar-refractivity contribution in [3.8, 4) is 17.2 Å². The fourth-order valence-corrected chi connectivity index (χ4v) is 2.70. The van der Waals surface area contributed by atoms with Gasteiger partial charge in [0.1, 0.15) is 17.2 Å². The van der Waals surface area contributed by atoms with Crippen molar-refractivity contribution in [2.24, 2.45) is 0 Å². The van der Waals surface area contributed by atoms with Crippen LogP contribution in [0.15, 0.2) is 40.9 Å². The minimum atomic E-state index is -2.46. The van der Waals surface area contributed by atoms with Crippen LogP contribution in [0.25, 0.3) is 0 Å². The van der Waals surface area contributed by atoms with Crippen LogP contribution >= 0.6 is 15.9 Å². The fourth-order valence-electron chi connectivity index (χ4n) is 2.11. The maximum Gasteiger partial charge on any atom is 0.263 e. The summed E-state index contributed by atoms with van der Waals surface area (Å²) >= 11 is 3.44. The van der Waals surface area contributed by atoms with Crippen molar-refractivity contribution >= 4 is 15.9 Å². The van der Waals surface area contributed by atoms with E-state index in [0.29, 0.717) is 18.1 Å². The van der Waals surface area contributed by atoms with Crippen molar-refractivity contribution in [1.29, 1.82) is 0 Å². The molecule has 0 spiro atoms. The molecule has 2 aromatic carbocycles. The monoisotopic (exact) mass is 340 g/mol. The van der Waals surface area contributed by atoms with Crippen LogP contribution in [-0.4, -0.2) is 6.61 Å². The van der Waals surface area contributed by atoms with Crippen LogP contribution in [0.1, 0.15) is 17.6 Å². The van der Waals surface area contributed by atoms with Gasteiger partial charge in [0, 0.05) is 17.5 Å². The van der Waals surface area contributed by atoms with E-state index < -0.39 is 6.43 Å². The highest BCUT2D eigenvalue weighted by molar-refractivity contribution is 9.10. The van der Waals surface area contributed by atoms with Crippen molar-refractivity contribution in [3.05, 3.63) is 52.0 Å². The van der Waals surface area contributed by atoms with Crippen molar-refractivity contribution < 1.29 is 18.3 Å². The average molecular weight is 341 g/mol. The third-order valence-corrected chi connectivity index (χ3v) is 3.67. The Morgan fingerprint density at radius 1 is 1.10 bits per heavy atom. The summed E-state index contributed by atoms with van der Waals surface area (Å²) in [6, 6.07) is 9.54. The zero-order valence-electron chi connectivity index (χ0n) is 10.4. The van der Waals surface area contributed by atoms with E-state index >= 15 is 0 Å². The van der Waals surface area contributed by atoms with Gasteiger partial charge < -0.3 is 9.47 Å². The minimum Gasteiger partial charge on any atom is -0.492 e. The molecule has 2 aromatic rings. The molecule has 0 N–H and O–H groups in total. The van der Waals surface area contributed by atoms with Gasteiger partial charge in [-0.25, -0.2) is 8.78 Å². The Morgan fingerprint density at radius 2 is 1.85 bits per heavy atom. The Bertz CT molecular complexity index is 627. The lowest BCUT2D eigenvalue weighted by Gasteiger charge is -2.09. The van der Waals surface area contributed by atoms with Gasteiger partial charge in [-0.1, -0.05) is 0 Å². The second-order valence-electron chi connectivity index (χ2n) is 4.46. The smallest absolute Gasteiger partial charge is 0.263 e. The van der Waals surface area contributed by atoms with Crippen LogP contribution < -0.4 is 9.47 Å². The molecule has 1 aliphatic rings. The first-order valence-corrected chi connectivity index (χ1v) is 6.94. The molecule has 0 unspecified atom stereocenters. The first-order chi connectivity index (χ1) is 9.63. The lowest BCUT2D eigenvalue weighted by atomic mass is 10.1. The van der Waals surface area contributed by atoms with Gasteiger partial charge in [0.15, 0.2) is 0 Å². The molecule has 0 aliphatic carbocycles. The first kappa shape index (κ1) is 13.4. The molecule has 1 aliphatic heterocycles. The van der Waals surface area contributed by atoms with Crippen LogP contribution in [-0.2, 0) is 6.42 Å². The molecule has 3 rings (SSSR count). The summed E-state index contributed by atoms with van der Waals surface area (Å²) in [6.45, 7) is 0.667. The van der Waals surface area contributed by atoms with Gasteiger partial charge in [0.05, 0.1) is 11.1 Å². The summed E-state index contributed by atoms with van der Waals surface area (Å²) < 4.78 is 37.0. The second kappa shape index (κ2) is 5.40. The number of benzene rings is 2. The van der Waals surface area contributed by atoms with Gasteiger partial charge in [-0.3, -0.25) is 0 Å². The second-order valence-corrected chi connectivity index (χ2v) is 5.32. The summed E-state index contributed by atoms with van der Waals surface area (Å²) in [7, 11) is 0. The molecule has 2 nitrogen and oxygen atoms in total. The minimum absolute atomic E-state index is 0.0131.